The van der Waals surface area contributed by atoms with E-state index in [0.29, 0.717) is 40.7 Å². The number of Topliss-reactive ketones (excluding diaryl/α,β-unsaturated/α-hetero) is 1. The number of fused-ring (bicyclic) bond motifs is 3. The van der Waals surface area contributed by atoms with Gasteiger partial charge < -0.3 is 24.0 Å². The van der Waals surface area contributed by atoms with Crippen LogP contribution in [0, 0.1) is 5.92 Å². The number of ketones is 1. The first-order valence-electron chi connectivity index (χ1n) is 13.2. The van der Waals surface area contributed by atoms with Crippen molar-refractivity contribution in [2.45, 2.75) is 25.0 Å². The first-order chi connectivity index (χ1) is 18.5. The number of carbonyl (C=O) groups is 2. The second-order valence-electron chi connectivity index (χ2n) is 10.3. The Balaban J connectivity index is 1.35. The van der Waals surface area contributed by atoms with Gasteiger partial charge in [-0.25, -0.2) is 4.79 Å². The summed E-state index contributed by atoms with van der Waals surface area (Å²) in [6, 6.07) is 23.7. The van der Waals surface area contributed by atoms with E-state index in [2.05, 4.69) is 5.32 Å². The van der Waals surface area contributed by atoms with Gasteiger partial charge in [-0.2, -0.15) is 0 Å². The third-order valence-corrected chi connectivity index (χ3v) is 7.96. The molecule has 0 radical (unpaired) electrons. The fourth-order valence-corrected chi connectivity index (χ4v) is 5.82. The van der Waals surface area contributed by atoms with Crippen LogP contribution in [-0.2, 0) is 9.53 Å². The number of benzene rings is 3. The van der Waals surface area contributed by atoms with Gasteiger partial charge >= 0.3 is 5.97 Å². The van der Waals surface area contributed by atoms with E-state index < -0.39 is 6.04 Å². The van der Waals surface area contributed by atoms with E-state index in [-0.39, 0.29) is 17.9 Å². The highest BCUT2D eigenvalue weighted by Gasteiger charge is 2.49. The molecule has 0 aromatic heterocycles. The SMILES string of the molecule is COc1ccc(OC)c(NC(C(=O)O[C@H]2C[N+]3(CC(=O)c4ccccc4)CCC2CC3)c2ccccc2)c1. The zero-order valence-corrected chi connectivity index (χ0v) is 22.0. The minimum atomic E-state index is -0.730. The van der Waals surface area contributed by atoms with Gasteiger partial charge in [-0.3, -0.25) is 4.79 Å². The second kappa shape index (κ2) is 11.3. The zero-order valence-electron chi connectivity index (χ0n) is 22.0. The molecule has 7 nitrogen and oxygen atoms in total. The molecular weight excluding hydrogens is 480 g/mol. The molecule has 0 spiro atoms. The highest BCUT2D eigenvalue weighted by molar-refractivity contribution is 5.97. The van der Waals surface area contributed by atoms with Gasteiger partial charge in [-0.15, -0.1) is 0 Å². The number of carbonyl (C=O) groups excluding carboxylic acids is 2. The lowest BCUT2D eigenvalue weighted by Gasteiger charge is -2.51. The maximum absolute atomic E-state index is 13.8. The molecule has 3 aromatic carbocycles. The van der Waals surface area contributed by atoms with Crippen molar-refractivity contribution in [3.63, 3.8) is 0 Å². The van der Waals surface area contributed by atoms with Crippen molar-refractivity contribution in [1.29, 1.82) is 0 Å². The van der Waals surface area contributed by atoms with E-state index in [0.717, 1.165) is 37.1 Å². The number of nitrogens with zero attached hydrogens (tertiary/aromatic N) is 1. The summed E-state index contributed by atoms with van der Waals surface area (Å²) < 4.78 is 17.9. The van der Waals surface area contributed by atoms with Crippen LogP contribution >= 0.6 is 0 Å². The summed E-state index contributed by atoms with van der Waals surface area (Å²) in [5.74, 6) is 1.37. The predicted octanol–water partition coefficient (Wildman–Crippen LogP) is 4.89. The number of esters is 1. The summed E-state index contributed by atoms with van der Waals surface area (Å²) in [5.41, 5.74) is 2.18. The molecule has 6 rings (SSSR count). The molecule has 3 heterocycles. The highest BCUT2D eigenvalue weighted by Crippen LogP contribution is 2.37. The quantitative estimate of drug-likeness (QED) is 0.235. The Morgan fingerprint density at radius 3 is 2.26 bits per heavy atom. The first kappa shape index (κ1) is 25.8. The molecule has 3 aliphatic heterocycles. The Morgan fingerprint density at radius 2 is 1.61 bits per heavy atom. The number of anilines is 1. The smallest absolute Gasteiger partial charge is 0.333 e. The molecule has 1 N–H and O–H groups in total. The summed E-state index contributed by atoms with van der Waals surface area (Å²) in [6.45, 7) is 2.99. The van der Waals surface area contributed by atoms with Crippen molar-refractivity contribution in [3.8, 4) is 11.5 Å². The van der Waals surface area contributed by atoms with Crippen LogP contribution in [0.3, 0.4) is 0 Å². The van der Waals surface area contributed by atoms with E-state index in [1.54, 1.807) is 20.3 Å². The Labute approximate surface area is 223 Å². The molecular formula is C31H35N2O5+. The minimum absolute atomic E-state index is 0.143. The molecule has 1 unspecified atom stereocenters. The fraction of sp³-hybridized carbons (Fsp3) is 0.355. The van der Waals surface area contributed by atoms with Crippen LogP contribution in [-0.4, -0.2) is 62.7 Å². The topological polar surface area (TPSA) is 73.9 Å². The number of rotatable bonds is 10. The molecule has 2 atom stereocenters. The third kappa shape index (κ3) is 5.53. The summed E-state index contributed by atoms with van der Waals surface area (Å²) in [5, 5.41) is 3.35. The van der Waals surface area contributed by atoms with Crippen LogP contribution in [0.25, 0.3) is 0 Å². The zero-order chi connectivity index (χ0) is 26.5. The predicted molar refractivity (Wildman–Crippen MR) is 145 cm³/mol. The van der Waals surface area contributed by atoms with Gasteiger partial charge in [0.15, 0.2) is 12.1 Å². The van der Waals surface area contributed by atoms with Gasteiger partial charge in [0.2, 0.25) is 5.78 Å². The lowest BCUT2D eigenvalue weighted by Crippen LogP contribution is -2.65. The number of ether oxygens (including phenoxy) is 3. The van der Waals surface area contributed by atoms with E-state index in [1.807, 2.05) is 72.8 Å². The van der Waals surface area contributed by atoms with Crippen molar-refractivity contribution in [2.75, 3.05) is 45.7 Å². The minimum Gasteiger partial charge on any atom is -0.497 e. The van der Waals surface area contributed by atoms with Gasteiger partial charge in [0.25, 0.3) is 0 Å². The number of nitrogens with one attached hydrogen (secondary N) is 1. The van der Waals surface area contributed by atoms with Crippen LogP contribution in [0.15, 0.2) is 78.9 Å². The van der Waals surface area contributed by atoms with Gasteiger partial charge in [-0.05, 0) is 17.7 Å². The van der Waals surface area contributed by atoms with Crippen molar-refractivity contribution < 1.29 is 28.3 Å². The molecule has 0 aliphatic carbocycles. The van der Waals surface area contributed by atoms with Crippen molar-refractivity contribution >= 4 is 17.4 Å². The van der Waals surface area contributed by atoms with Crippen LogP contribution in [0.4, 0.5) is 5.69 Å². The molecule has 2 bridgehead atoms. The van der Waals surface area contributed by atoms with Gasteiger partial charge in [0.1, 0.15) is 24.6 Å². The molecule has 7 heteroatoms. The number of hydrogen-bond acceptors (Lipinski definition) is 6. The summed E-state index contributed by atoms with van der Waals surface area (Å²) in [7, 11) is 3.19. The molecule has 3 saturated heterocycles. The highest BCUT2D eigenvalue weighted by atomic mass is 16.5. The Kier molecular flexibility index (Phi) is 7.65. The van der Waals surface area contributed by atoms with Crippen LogP contribution in [0.1, 0.15) is 34.8 Å². The standard InChI is InChI=1S/C31H35N2O5/c1-36-25-13-14-28(37-2)26(19-25)32-30(24-11-7-4-8-12-24)31(35)38-29-21-33(17-15-23(29)16-18-33)20-27(34)22-9-5-3-6-10-22/h3-14,19,23,29-30,32H,15-18,20-21H2,1-2H3/q+1/t23?,29-,30?,33?/m0/s1. The van der Waals surface area contributed by atoms with Gasteiger partial charge in [0, 0.05) is 30.4 Å². The molecule has 3 fully saturated rings. The maximum atomic E-state index is 13.8. The van der Waals surface area contributed by atoms with E-state index in [1.165, 1.54) is 0 Å². The lowest BCUT2D eigenvalue weighted by atomic mass is 9.82. The van der Waals surface area contributed by atoms with Gasteiger partial charge in [0.05, 0.1) is 33.0 Å². The summed E-state index contributed by atoms with van der Waals surface area (Å²) >= 11 is 0. The molecule has 3 aromatic rings. The second-order valence-corrected chi connectivity index (χ2v) is 10.3. The molecule has 3 aliphatic rings. The average molecular weight is 516 g/mol. The van der Waals surface area contributed by atoms with Crippen molar-refractivity contribution in [1.82, 2.24) is 0 Å². The number of hydrogen-bond donors (Lipinski definition) is 1. The summed E-state index contributed by atoms with van der Waals surface area (Å²) in [4.78, 5) is 26.8. The number of piperidine rings is 3. The van der Waals surface area contributed by atoms with Crippen molar-refractivity contribution in [3.05, 3.63) is 90.0 Å². The van der Waals surface area contributed by atoms with E-state index in [9.17, 15) is 9.59 Å². The van der Waals surface area contributed by atoms with E-state index in [4.69, 9.17) is 14.2 Å². The summed E-state index contributed by atoms with van der Waals surface area (Å²) in [6.07, 6.45) is 1.68. The van der Waals surface area contributed by atoms with Crippen LogP contribution in [0.2, 0.25) is 0 Å². The fourth-order valence-electron chi connectivity index (χ4n) is 5.82. The van der Waals surface area contributed by atoms with Crippen LogP contribution < -0.4 is 14.8 Å². The largest absolute Gasteiger partial charge is 0.497 e. The van der Waals surface area contributed by atoms with Gasteiger partial charge in [-0.1, -0.05) is 60.7 Å². The molecule has 0 amide bonds. The monoisotopic (exact) mass is 515 g/mol. The van der Waals surface area contributed by atoms with Crippen LogP contribution in [0.5, 0.6) is 11.5 Å². The molecule has 38 heavy (non-hydrogen) atoms. The molecule has 0 saturated carbocycles. The Morgan fingerprint density at radius 1 is 0.921 bits per heavy atom. The Hall–Kier alpha value is -3.84. The third-order valence-electron chi connectivity index (χ3n) is 7.96. The van der Waals surface area contributed by atoms with Crippen molar-refractivity contribution in [2.24, 2.45) is 5.92 Å². The average Bonchev–Trinajstić information content (AvgIpc) is 2.97. The van der Waals surface area contributed by atoms with E-state index >= 15 is 0 Å². The maximum Gasteiger partial charge on any atom is 0.333 e. The normalized spacial score (nSPS) is 22.8. The first-order valence-corrected chi connectivity index (χ1v) is 13.2. The molecule has 198 valence electrons. The Bertz CT molecular complexity index is 1260. The number of methoxy groups -OCH3 is 2. The lowest BCUT2D eigenvalue weighted by molar-refractivity contribution is -0.938. The number of quaternary nitrogens is 1.